The zero-order valence-electron chi connectivity index (χ0n) is 11.8. The minimum Gasteiger partial charge on any atom is -0.489 e. The topological polar surface area (TPSA) is 41.5 Å². The SMILES string of the molecule is Cc1cccc(COc2cccc(CNCCO)c2)c1. The van der Waals surface area contributed by atoms with Gasteiger partial charge >= 0.3 is 0 Å². The molecule has 0 saturated carbocycles. The van der Waals surface area contributed by atoms with E-state index in [1.807, 2.05) is 30.3 Å². The highest BCUT2D eigenvalue weighted by Gasteiger charge is 1.99. The molecule has 2 rings (SSSR count). The third-order valence-electron chi connectivity index (χ3n) is 3.00. The molecule has 0 bridgehead atoms. The van der Waals surface area contributed by atoms with Gasteiger partial charge in [-0.2, -0.15) is 0 Å². The number of benzene rings is 2. The predicted molar refractivity (Wildman–Crippen MR) is 80.7 cm³/mol. The normalized spacial score (nSPS) is 10.5. The van der Waals surface area contributed by atoms with Crippen LogP contribution in [-0.2, 0) is 13.2 Å². The zero-order valence-corrected chi connectivity index (χ0v) is 11.8. The Morgan fingerprint density at radius 2 is 1.85 bits per heavy atom. The Kier molecular flexibility index (Phi) is 5.59. The summed E-state index contributed by atoms with van der Waals surface area (Å²) in [5, 5.41) is 11.9. The summed E-state index contributed by atoms with van der Waals surface area (Å²) in [4.78, 5) is 0. The molecule has 0 aliphatic heterocycles. The van der Waals surface area contributed by atoms with Gasteiger partial charge in [-0.1, -0.05) is 42.0 Å². The quantitative estimate of drug-likeness (QED) is 0.761. The Hall–Kier alpha value is -1.84. The number of nitrogens with one attached hydrogen (secondary N) is 1. The third-order valence-corrected chi connectivity index (χ3v) is 3.00. The van der Waals surface area contributed by atoms with Crippen molar-refractivity contribution in [2.45, 2.75) is 20.1 Å². The molecule has 106 valence electrons. The minimum absolute atomic E-state index is 0.156. The maximum absolute atomic E-state index is 8.74. The van der Waals surface area contributed by atoms with E-state index < -0.39 is 0 Å². The second kappa shape index (κ2) is 7.68. The van der Waals surface area contributed by atoms with Crippen LogP contribution in [0.5, 0.6) is 5.75 Å². The molecule has 20 heavy (non-hydrogen) atoms. The van der Waals surface area contributed by atoms with E-state index in [1.165, 1.54) is 11.1 Å². The monoisotopic (exact) mass is 271 g/mol. The van der Waals surface area contributed by atoms with Crippen LogP contribution in [0, 0.1) is 6.92 Å². The molecule has 0 amide bonds. The molecule has 2 N–H and O–H groups in total. The Morgan fingerprint density at radius 1 is 1.05 bits per heavy atom. The molecule has 0 aliphatic rings. The second-order valence-corrected chi connectivity index (χ2v) is 4.83. The average molecular weight is 271 g/mol. The van der Waals surface area contributed by atoms with Crippen LogP contribution in [0.25, 0.3) is 0 Å². The van der Waals surface area contributed by atoms with E-state index in [0.29, 0.717) is 13.2 Å². The molecule has 3 nitrogen and oxygen atoms in total. The highest BCUT2D eigenvalue weighted by Crippen LogP contribution is 2.15. The Morgan fingerprint density at radius 3 is 2.65 bits per heavy atom. The lowest BCUT2D eigenvalue weighted by atomic mass is 10.1. The lowest BCUT2D eigenvalue weighted by Crippen LogP contribution is -2.17. The Bertz CT molecular complexity index is 540. The number of ether oxygens (including phenoxy) is 1. The van der Waals surface area contributed by atoms with Crippen LogP contribution in [0.4, 0.5) is 0 Å². The molecule has 0 aliphatic carbocycles. The van der Waals surface area contributed by atoms with Crippen molar-refractivity contribution < 1.29 is 9.84 Å². The van der Waals surface area contributed by atoms with E-state index in [2.05, 4.69) is 30.4 Å². The summed E-state index contributed by atoms with van der Waals surface area (Å²) in [5.74, 6) is 0.870. The summed E-state index contributed by atoms with van der Waals surface area (Å²) < 4.78 is 5.82. The zero-order chi connectivity index (χ0) is 14.2. The Labute approximate surface area is 120 Å². The van der Waals surface area contributed by atoms with E-state index in [9.17, 15) is 0 Å². The average Bonchev–Trinajstić information content (AvgIpc) is 2.46. The van der Waals surface area contributed by atoms with Gasteiger partial charge in [0, 0.05) is 13.1 Å². The van der Waals surface area contributed by atoms with Gasteiger partial charge in [-0.15, -0.1) is 0 Å². The van der Waals surface area contributed by atoms with Crippen molar-refractivity contribution >= 4 is 0 Å². The summed E-state index contributed by atoms with van der Waals surface area (Å²) in [6.45, 7) is 4.16. The molecule has 2 aromatic carbocycles. The fourth-order valence-electron chi connectivity index (χ4n) is 2.03. The standard InChI is InChI=1S/C17H21NO2/c1-14-4-2-6-16(10-14)13-20-17-7-3-5-15(11-17)12-18-8-9-19/h2-7,10-11,18-19H,8-9,12-13H2,1H3. The van der Waals surface area contributed by atoms with Gasteiger partial charge in [0.25, 0.3) is 0 Å². The molecular formula is C17H21NO2. The lowest BCUT2D eigenvalue weighted by Gasteiger charge is -2.09. The van der Waals surface area contributed by atoms with Crippen LogP contribution >= 0.6 is 0 Å². The van der Waals surface area contributed by atoms with Gasteiger partial charge in [-0.25, -0.2) is 0 Å². The maximum Gasteiger partial charge on any atom is 0.120 e. The largest absolute Gasteiger partial charge is 0.489 e. The number of aliphatic hydroxyl groups is 1. The fraction of sp³-hybridized carbons (Fsp3) is 0.294. The number of rotatable bonds is 7. The van der Waals surface area contributed by atoms with Gasteiger partial charge in [-0.3, -0.25) is 0 Å². The minimum atomic E-state index is 0.156. The molecular weight excluding hydrogens is 250 g/mol. The van der Waals surface area contributed by atoms with Gasteiger partial charge < -0.3 is 15.2 Å². The molecule has 3 heteroatoms. The number of aliphatic hydroxyl groups excluding tert-OH is 1. The van der Waals surface area contributed by atoms with Gasteiger partial charge in [0.05, 0.1) is 6.61 Å². The first-order valence-electron chi connectivity index (χ1n) is 6.87. The van der Waals surface area contributed by atoms with Crippen LogP contribution in [0.3, 0.4) is 0 Å². The van der Waals surface area contributed by atoms with Crippen molar-refractivity contribution in [1.82, 2.24) is 5.32 Å². The lowest BCUT2D eigenvalue weighted by molar-refractivity contribution is 0.291. The number of hydrogen-bond donors (Lipinski definition) is 2. The van der Waals surface area contributed by atoms with Crippen molar-refractivity contribution in [2.24, 2.45) is 0 Å². The molecule has 0 spiro atoms. The van der Waals surface area contributed by atoms with Gasteiger partial charge in [-0.05, 0) is 30.2 Å². The van der Waals surface area contributed by atoms with E-state index in [-0.39, 0.29) is 6.61 Å². The number of aryl methyl sites for hydroxylation is 1. The summed E-state index contributed by atoms with van der Waals surface area (Å²) in [7, 11) is 0. The maximum atomic E-state index is 8.74. The fourth-order valence-corrected chi connectivity index (χ4v) is 2.03. The summed E-state index contributed by atoms with van der Waals surface area (Å²) in [5.41, 5.74) is 3.57. The first-order chi connectivity index (χ1) is 9.78. The third kappa shape index (κ3) is 4.68. The first kappa shape index (κ1) is 14.6. The van der Waals surface area contributed by atoms with Gasteiger partial charge in [0.15, 0.2) is 0 Å². The van der Waals surface area contributed by atoms with Crippen molar-refractivity contribution in [2.75, 3.05) is 13.2 Å². The van der Waals surface area contributed by atoms with Gasteiger partial charge in [0.1, 0.15) is 12.4 Å². The van der Waals surface area contributed by atoms with Crippen molar-refractivity contribution in [3.63, 3.8) is 0 Å². The summed E-state index contributed by atoms with van der Waals surface area (Å²) in [6, 6.07) is 16.4. The van der Waals surface area contributed by atoms with Crippen molar-refractivity contribution in [3.05, 3.63) is 65.2 Å². The van der Waals surface area contributed by atoms with Crippen LogP contribution in [0.2, 0.25) is 0 Å². The molecule has 0 atom stereocenters. The molecule has 0 aromatic heterocycles. The summed E-state index contributed by atoms with van der Waals surface area (Å²) in [6.07, 6.45) is 0. The molecule has 0 saturated heterocycles. The summed E-state index contributed by atoms with van der Waals surface area (Å²) >= 11 is 0. The molecule has 0 radical (unpaired) electrons. The van der Waals surface area contributed by atoms with Crippen LogP contribution in [0.15, 0.2) is 48.5 Å². The number of hydrogen-bond acceptors (Lipinski definition) is 3. The van der Waals surface area contributed by atoms with E-state index in [4.69, 9.17) is 9.84 Å². The molecule has 0 heterocycles. The molecule has 0 fully saturated rings. The molecule has 0 unspecified atom stereocenters. The van der Waals surface area contributed by atoms with Crippen LogP contribution < -0.4 is 10.1 Å². The van der Waals surface area contributed by atoms with Crippen molar-refractivity contribution in [3.8, 4) is 5.75 Å². The predicted octanol–water partition coefficient (Wildman–Crippen LogP) is 2.66. The highest BCUT2D eigenvalue weighted by atomic mass is 16.5. The smallest absolute Gasteiger partial charge is 0.120 e. The first-order valence-corrected chi connectivity index (χ1v) is 6.87. The molecule has 2 aromatic rings. The highest BCUT2D eigenvalue weighted by molar-refractivity contribution is 5.29. The van der Waals surface area contributed by atoms with Crippen LogP contribution in [-0.4, -0.2) is 18.3 Å². The second-order valence-electron chi connectivity index (χ2n) is 4.83. The van der Waals surface area contributed by atoms with Crippen molar-refractivity contribution in [1.29, 1.82) is 0 Å². The van der Waals surface area contributed by atoms with Crippen LogP contribution in [0.1, 0.15) is 16.7 Å². The van der Waals surface area contributed by atoms with E-state index >= 15 is 0 Å². The Balaban J connectivity index is 1.91. The van der Waals surface area contributed by atoms with E-state index in [0.717, 1.165) is 17.9 Å². The van der Waals surface area contributed by atoms with Gasteiger partial charge in [0.2, 0.25) is 0 Å². The van der Waals surface area contributed by atoms with E-state index in [1.54, 1.807) is 0 Å².